The fraction of sp³-hybridized carbons (Fsp3) is 0.421. The van der Waals surface area contributed by atoms with Gasteiger partial charge in [-0.05, 0) is 86.6 Å². The number of thiophene rings is 2. The first-order chi connectivity index (χ1) is 26.2. The van der Waals surface area contributed by atoms with Crippen LogP contribution in [-0.4, -0.2) is 85.9 Å². The van der Waals surface area contributed by atoms with Crippen LogP contribution in [0.25, 0.3) is 0 Å². The van der Waals surface area contributed by atoms with Gasteiger partial charge in [0.1, 0.15) is 16.0 Å². The van der Waals surface area contributed by atoms with Gasteiger partial charge in [0.2, 0.25) is 0 Å². The number of esters is 4. The third kappa shape index (κ3) is 7.89. The van der Waals surface area contributed by atoms with E-state index in [0.29, 0.717) is 45.1 Å². The number of fused-ring (bicyclic) bond motifs is 3. The lowest BCUT2D eigenvalue weighted by Crippen LogP contribution is -2.44. The number of imide groups is 1. The summed E-state index contributed by atoms with van der Waals surface area (Å²) < 4.78 is 20.2. The summed E-state index contributed by atoms with van der Waals surface area (Å²) in [5, 5.41) is 5.88. The highest BCUT2D eigenvalue weighted by Crippen LogP contribution is 2.41. The van der Waals surface area contributed by atoms with Crippen LogP contribution in [0.4, 0.5) is 10.0 Å². The van der Waals surface area contributed by atoms with E-state index >= 15 is 0 Å². The molecule has 2 aliphatic carbocycles. The molecule has 3 atom stereocenters. The smallest absolute Gasteiger partial charge is 0.341 e. The van der Waals surface area contributed by atoms with Crippen LogP contribution >= 0.6 is 22.7 Å². The number of rotatable bonds is 11. The summed E-state index contributed by atoms with van der Waals surface area (Å²) in [5.74, 6) is -5.44. The Labute approximate surface area is 323 Å². The van der Waals surface area contributed by atoms with E-state index in [2.05, 4.69) is 24.5 Å². The molecule has 15 nitrogen and oxygen atoms in total. The summed E-state index contributed by atoms with van der Waals surface area (Å²) in [5.41, 5.74) is 1.87. The number of hydrogen-bond acceptors (Lipinski definition) is 14. The third-order valence-corrected chi connectivity index (χ3v) is 12.2. The third-order valence-electron chi connectivity index (χ3n) is 9.87. The Kier molecular flexibility index (Phi) is 11.5. The largest absolute Gasteiger partial charge is 0.465 e. The van der Waals surface area contributed by atoms with E-state index in [1.165, 1.54) is 55.9 Å². The van der Waals surface area contributed by atoms with Crippen LogP contribution in [0.1, 0.15) is 106 Å². The van der Waals surface area contributed by atoms with Crippen LogP contribution in [0.15, 0.2) is 18.2 Å². The predicted molar refractivity (Wildman–Crippen MR) is 199 cm³/mol. The van der Waals surface area contributed by atoms with Gasteiger partial charge in [-0.15, -0.1) is 22.7 Å². The quantitative estimate of drug-likeness (QED) is 0.156. The van der Waals surface area contributed by atoms with Crippen LogP contribution in [0, 0.1) is 11.8 Å². The van der Waals surface area contributed by atoms with Gasteiger partial charge in [-0.2, -0.15) is 0 Å². The van der Waals surface area contributed by atoms with Gasteiger partial charge in [-0.1, -0.05) is 13.8 Å². The molecule has 3 heterocycles. The highest BCUT2D eigenvalue weighted by Gasteiger charge is 2.42. The molecule has 2 N–H and O–H groups in total. The average molecular weight is 794 g/mol. The molecule has 0 radical (unpaired) electrons. The number of hydrogen-bond donors (Lipinski definition) is 2. The van der Waals surface area contributed by atoms with Gasteiger partial charge in [0.15, 0.2) is 13.2 Å². The minimum Gasteiger partial charge on any atom is -0.465 e. The minimum absolute atomic E-state index is 0.0747. The summed E-state index contributed by atoms with van der Waals surface area (Å²) in [6.45, 7) is 4.01. The summed E-state index contributed by atoms with van der Waals surface area (Å²) in [6, 6.07) is 2.17. The summed E-state index contributed by atoms with van der Waals surface area (Å²) in [6.07, 6.45) is 4.64. The van der Waals surface area contributed by atoms with Crippen molar-refractivity contribution in [3.63, 3.8) is 0 Å². The SMILES string of the molecule is COC(=O)c1c(NC(=O)COC(=O)c2ccc3c(c2)C(=O)N([C@@H](C)C(=O)OCC(=O)Nc2sc4c(c2C(=O)OC)CC[C@@H](C)C4)C3=O)sc2c1CC[C@@H](C)C2. The van der Waals surface area contributed by atoms with Crippen molar-refractivity contribution in [3.8, 4) is 0 Å². The van der Waals surface area contributed by atoms with E-state index in [4.69, 9.17) is 18.9 Å². The minimum atomic E-state index is -1.44. The van der Waals surface area contributed by atoms with Crippen LogP contribution in [-0.2, 0) is 59.0 Å². The number of nitrogens with one attached hydrogen (secondary N) is 2. The zero-order chi connectivity index (χ0) is 39.7. The van der Waals surface area contributed by atoms with Crippen molar-refractivity contribution >= 4 is 80.2 Å². The van der Waals surface area contributed by atoms with E-state index in [1.807, 2.05) is 0 Å². The normalized spacial score (nSPS) is 17.7. The number of nitrogens with zero attached hydrogens (tertiary/aromatic N) is 1. The Hall–Kier alpha value is -5.42. The van der Waals surface area contributed by atoms with Crippen LogP contribution in [0.2, 0.25) is 0 Å². The first kappa shape index (κ1) is 39.3. The molecule has 0 saturated carbocycles. The van der Waals surface area contributed by atoms with Crippen LogP contribution in [0.3, 0.4) is 0 Å². The number of carbonyl (C=O) groups is 8. The molecule has 1 aliphatic heterocycles. The second-order valence-electron chi connectivity index (χ2n) is 13.8. The highest BCUT2D eigenvalue weighted by molar-refractivity contribution is 7.17. The summed E-state index contributed by atoms with van der Waals surface area (Å²) in [7, 11) is 2.51. The molecule has 0 spiro atoms. The first-order valence-electron chi connectivity index (χ1n) is 17.6. The number of carbonyl (C=O) groups excluding carboxylic acids is 8. The Morgan fingerprint density at radius 3 is 1.75 bits per heavy atom. The maximum absolute atomic E-state index is 13.4. The number of anilines is 2. The predicted octanol–water partition coefficient (Wildman–Crippen LogP) is 4.59. The van der Waals surface area contributed by atoms with E-state index in [0.717, 1.165) is 52.6 Å². The van der Waals surface area contributed by atoms with Gasteiger partial charge in [0.05, 0.1) is 42.0 Å². The molecule has 0 unspecified atom stereocenters. The fourth-order valence-electron chi connectivity index (χ4n) is 6.95. The molecule has 2 aromatic heterocycles. The van der Waals surface area contributed by atoms with Crippen molar-refractivity contribution < 1.29 is 57.3 Å². The van der Waals surface area contributed by atoms with Crippen molar-refractivity contribution in [2.24, 2.45) is 11.8 Å². The maximum atomic E-state index is 13.4. The van der Waals surface area contributed by atoms with Crippen molar-refractivity contribution in [3.05, 3.63) is 66.9 Å². The molecule has 1 aromatic carbocycles. The van der Waals surface area contributed by atoms with Crippen LogP contribution < -0.4 is 10.6 Å². The van der Waals surface area contributed by atoms with E-state index in [1.54, 1.807) is 0 Å². The summed E-state index contributed by atoms with van der Waals surface area (Å²) >= 11 is 2.55. The van der Waals surface area contributed by atoms with Crippen molar-refractivity contribution in [2.75, 3.05) is 38.1 Å². The topological polar surface area (TPSA) is 201 Å². The van der Waals surface area contributed by atoms with Gasteiger partial charge in [-0.25, -0.2) is 19.2 Å². The number of amides is 4. The molecule has 0 fully saturated rings. The molecule has 0 saturated heterocycles. The zero-order valence-electron chi connectivity index (χ0n) is 30.8. The average Bonchev–Trinajstić information content (AvgIpc) is 3.78. The van der Waals surface area contributed by atoms with Crippen LogP contribution in [0.5, 0.6) is 0 Å². The Morgan fingerprint density at radius 2 is 1.24 bits per heavy atom. The molecule has 4 amide bonds. The van der Waals surface area contributed by atoms with Gasteiger partial charge < -0.3 is 29.6 Å². The van der Waals surface area contributed by atoms with E-state index in [-0.39, 0.29) is 22.3 Å². The molecule has 3 aliphatic rings. The van der Waals surface area contributed by atoms with Crippen molar-refractivity contribution in [2.45, 2.75) is 65.3 Å². The number of methoxy groups -OCH3 is 2. The monoisotopic (exact) mass is 793 g/mol. The second-order valence-corrected chi connectivity index (χ2v) is 16.0. The molecular weight excluding hydrogens is 755 g/mol. The van der Waals surface area contributed by atoms with Gasteiger partial charge in [0.25, 0.3) is 23.6 Å². The molecule has 0 bridgehead atoms. The molecular formula is C38H39N3O12S2. The lowest BCUT2D eigenvalue weighted by Gasteiger charge is -2.20. The van der Waals surface area contributed by atoms with Gasteiger partial charge >= 0.3 is 23.9 Å². The second kappa shape index (κ2) is 16.1. The Balaban J connectivity index is 1.05. The zero-order valence-corrected chi connectivity index (χ0v) is 32.4. The van der Waals surface area contributed by atoms with Crippen molar-refractivity contribution in [1.82, 2.24) is 4.90 Å². The Morgan fingerprint density at radius 1 is 0.745 bits per heavy atom. The van der Waals surface area contributed by atoms with Gasteiger partial charge in [-0.3, -0.25) is 24.1 Å². The number of ether oxygens (including phenoxy) is 4. The van der Waals surface area contributed by atoms with E-state index < -0.39 is 66.8 Å². The fourth-order valence-corrected chi connectivity index (χ4v) is 9.78. The molecule has 290 valence electrons. The first-order valence-corrected chi connectivity index (χ1v) is 19.3. The highest BCUT2D eigenvalue weighted by atomic mass is 32.1. The number of benzene rings is 1. The molecule has 3 aromatic rings. The lowest BCUT2D eigenvalue weighted by atomic mass is 9.88. The van der Waals surface area contributed by atoms with Gasteiger partial charge in [0, 0.05) is 9.75 Å². The standard InChI is InChI=1S/C38H39N3O12S2/c1-17-6-9-22-25(12-17)54-31(29(22)37(48)50-4)39-27(42)15-52-35(46)19(3)41-33(44)21-11-8-20(14-24(21)34(41)45)36(47)53-16-28(43)40-32-30(38(49)51-5)23-10-7-18(2)13-26(23)55-32/h8,11,14,17-19H,6-7,9-10,12-13,15-16H2,1-5H3,(H,39,42)(H,40,43)/t17-,18-,19+/m1/s1. The molecule has 55 heavy (non-hydrogen) atoms. The summed E-state index contributed by atoms with van der Waals surface area (Å²) in [4.78, 5) is 106. The maximum Gasteiger partial charge on any atom is 0.341 e. The van der Waals surface area contributed by atoms with Crippen molar-refractivity contribution in [1.29, 1.82) is 0 Å². The lowest BCUT2D eigenvalue weighted by molar-refractivity contribution is -0.150. The van der Waals surface area contributed by atoms with E-state index in [9.17, 15) is 38.4 Å². The Bertz CT molecular complexity index is 2140. The molecule has 6 rings (SSSR count). The molecule has 17 heteroatoms.